The summed E-state index contributed by atoms with van der Waals surface area (Å²) in [6.07, 6.45) is 0. The topological polar surface area (TPSA) is 56.0 Å². The first-order valence-electron chi connectivity index (χ1n) is 7.10. The number of halogens is 1. The van der Waals surface area contributed by atoms with Crippen LogP contribution >= 0.6 is 11.6 Å². The van der Waals surface area contributed by atoms with E-state index in [9.17, 15) is 4.21 Å². The maximum atomic E-state index is 12.3. The van der Waals surface area contributed by atoms with E-state index in [0.29, 0.717) is 22.5 Å². The van der Waals surface area contributed by atoms with Crippen molar-refractivity contribution in [3.8, 4) is 11.4 Å². The van der Waals surface area contributed by atoms with Gasteiger partial charge in [-0.15, -0.1) is 0 Å². The predicted molar refractivity (Wildman–Crippen MR) is 91.5 cm³/mol. The molecule has 0 spiro atoms. The Labute approximate surface area is 142 Å². The van der Waals surface area contributed by atoms with Crippen LogP contribution in [0.15, 0.2) is 53.1 Å². The summed E-state index contributed by atoms with van der Waals surface area (Å²) in [5.41, 5.74) is 3.02. The third kappa shape index (κ3) is 4.06. The molecule has 4 nitrogen and oxygen atoms in total. The molecular formula is C17H15ClN2O2S. The number of hydrogen-bond donors (Lipinski definition) is 0. The van der Waals surface area contributed by atoms with Gasteiger partial charge in [-0.25, -0.2) is 0 Å². The minimum atomic E-state index is -1.10. The fourth-order valence-electron chi connectivity index (χ4n) is 2.16. The first-order chi connectivity index (χ1) is 11.1. The van der Waals surface area contributed by atoms with Gasteiger partial charge in [0.05, 0.1) is 0 Å². The fraction of sp³-hybridized carbons (Fsp3) is 0.176. The normalized spacial score (nSPS) is 12.3. The zero-order chi connectivity index (χ0) is 16.2. The lowest BCUT2D eigenvalue weighted by atomic mass is 10.1. The van der Waals surface area contributed by atoms with E-state index in [1.165, 1.54) is 0 Å². The SMILES string of the molecule is Cc1ccccc1C[S@@](=O)Cc1nc(-c2ccc(Cl)cc2)no1. The molecule has 3 rings (SSSR count). The molecule has 0 saturated heterocycles. The van der Waals surface area contributed by atoms with Crippen LogP contribution in [-0.2, 0) is 22.3 Å². The van der Waals surface area contributed by atoms with Crippen molar-refractivity contribution in [2.45, 2.75) is 18.4 Å². The molecule has 0 aliphatic rings. The van der Waals surface area contributed by atoms with Gasteiger partial charge in [0.2, 0.25) is 11.7 Å². The van der Waals surface area contributed by atoms with Gasteiger partial charge in [0.1, 0.15) is 5.75 Å². The lowest BCUT2D eigenvalue weighted by molar-refractivity contribution is 0.390. The van der Waals surface area contributed by atoms with E-state index in [-0.39, 0.29) is 5.75 Å². The molecule has 0 bridgehead atoms. The minimum absolute atomic E-state index is 0.245. The van der Waals surface area contributed by atoms with Gasteiger partial charge in [0.15, 0.2) is 0 Å². The summed E-state index contributed by atoms with van der Waals surface area (Å²) in [6, 6.07) is 15.1. The van der Waals surface area contributed by atoms with Crippen LogP contribution in [-0.4, -0.2) is 14.3 Å². The fourth-order valence-corrected chi connectivity index (χ4v) is 3.46. The molecule has 0 aliphatic carbocycles. The average Bonchev–Trinajstić information content (AvgIpc) is 2.98. The highest BCUT2D eigenvalue weighted by Gasteiger charge is 2.12. The first-order valence-corrected chi connectivity index (χ1v) is 8.96. The number of benzene rings is 2. The van der Waals surface area contributed by atoms with Crippen LogP contribution in [0.4, 0.5) is 0 Å². The molecule has 2 aromatic carbocycles. The van der Waals surface area contributed by atoms with Crippen molar-refractivity contribution in [3.05, 3.63) is 70.6 Å². The minimum Gasteiger partial charge on any atom is -0.338 e. The van der Waals surface area contributed by atoms with Crippen molar-refractivity contribution in [2.24, 2.45) is 0 Å². The maximum Gasteiger partial charge on any atom is 0.239 e. The zero-order valence-electron chi connectivity index (χ0n) is 12.5. The van der Waals surface area contributed by atoms with Crippen LogP contribution in [0.3, 0.4) is 0 Å². The summed E-state index contributed by atoms with van der Waals surface area (Å²) in [6.45, 7) is 2.01. The number of aromatic nitrogens is 2. The van der Waals surface area contributed by atoms with E-state index >= 15 is 0 Å². The Hall–Kier alpha value is -1.98. The maximum absolute atomic E-state index is 12.3. The van der Waals surface area contributed by atoms with E-state index in [2.05, 4.69) is 10.1 Å². The molecule has 6 heteroatoms. The van der Waals surface area contributed by atoms with Crippen LogP contribution in [0.5, 0.6) is 0 Å². The van der Waals surface area contributed by atoms with Crippen molar-refractivity contribution in [1.29, 1.82) is 0 Å². The van der Waals surface area contributed by atoms with Crippen LogP contribution in [0, 0.1) is 6.92 Å². The highest BCUT2D eigenvalue weighted by molar-refractivity contribution is 7.83. The van der Waals surface area contributed by atoms with Gasteiger partial charge in [-0.2, -0.15) is 4.98 Å². The Morgan fingerprint density at radius 2 is 1.83 bits per heavy atom. The van der Waals surface area contributed by atoms with Gasteiger partial charge in [0.25, 0.3) is 0 Å². The smallest absolute Gasteiger partial charge is 0.239 e. The van der Waals surface area contributed by atoms with E-state index in [1.807, 2.05) is 43.3 Å². The van der Waals surface area contributed by atoms with Gasteiger partial charge in [-0.3, -0.25) is 4.21 Å². The molecular weight excluding hydrogens is 332 g/mol. The second-order valence-electron chi connectivity index (χ2n) is 5.17. The molecule has 0 fully saturated rings. The molecule has 1 atom stereocenters. The summed E-state index contributed by atoms with van der Waals surface area (Å²) < 4.78 is 17.5. The Morgan fingerprint density at radius 3 is 2.57 bits per heavy atom. The molecule has 0 amide bonds. The lowest BCUT2D eigenvalue weighted by Gasteiger charge is -2.03. The molecule has 3 aromatic rings. The van der Waals surface area contributed by atoms with Gasteiger partial charge in [-0.05, 0) is 42.3 Å². The van der Waals surface area contributed by atoms with E-state index in [0.717, 1.165) is 16.7 Å². The second-order valence-corrected chi connectivity index (χ2v) is 7.07. The molecule has 1 aromatic heterocycles. The molecule has 23 heavy (non-hydrogen) atoms. The van der Waals surface area contributed by atoms with Crippen LogP contribution < -0.4 is 0 Å². The molecule has 1 heterocycles. The van der Waals surface area contributed by atoms with Gasteiger partial charge >= 0.3 is 0 Å². The van der Waals surface area contributed by atoms with Crippen molar-refractivity contribution in [2.75, 3.05) is 0 Å². The van der Waals surface area contributed by atoms with Gasteiger partial charge in [-0.1, -0.05) is 41.0 Å². The Morgan fingerprint density at radius 1 is 1.09 bits per heavy atom. The Kier molecular flexibility index (Phi) is 4.88. The summed E-state index contributed by atoms with van der Waals surface area (Å²) in [5, 5.41) is 4.58. The summed E-state index contributed by atoms with van der Waals surface area (Å²) in [4.78, 5) is 4.30. The zero-order valence-corrected chi connectivity index (χ0v) is 14.1. The first kappa shape index (κ1) is 15.9. The predicted octanol–water partition coefficient (Wildman–Crippen LogP) is 4.15. The number of hydrogen-bond acceptors (Lipinski definition) is 4. The molecule has 0 unspecified atom stereocenters. The Balaban J connectivity index is 1.68. The lowest BCUT2D eigenvalue weighted by Crippen LogP contribution is -2.01. The molecule has 0 saturated carbocycles. The van der Waals surface area contributed by atoms with Gasteiger partial charge in [0, 0.05) is 27.1 Å². The average molecular weight is 347 g/mol. The third-order valence-electron chi connectivity index (χ3n) is 3.43. The van der Waals surface area contributed by atoms with Crippen LogP contribution in [0.2, 0.25) is 5.02 Å². The number of nitrogens with zero attached hydrogens (tertiary/aromatic N) is 2. The van der Waals surface area contributed by atoms with Gasteiger partial charge < -0.3 is 4.52 Å². The molecule has 0 N–H and O–H groups in total. The third-order valence-corrected chi connectivity index (χ3v) is 4.89. The molecule has 0 aliphatic heterocycles. The highest BCUT2D eigenvalue weighted by atomic mass is 35.5. The van der Waals surface area contributed by atoms with Crippen LogP contribution in [0.1, 0.15) is 17.0 Å². The largest absolute Gasteiger partial charge is 0.338 e. The summed E-state index contributed by atoms with van der Waals surface area (Å²) in [7, 11) is -1.10. The monoisotopic (exact) mass is 346 g/mol. The van der Waals surface area contributed by atoms with Crippen molar-refractivity contribution < 1.29 is 8.73 Å². The molecule has 0 radical (unpaired) electrons. The van der Waals surface area contributed by atoms with E-state index in [4.69, 9.17) is 16.1 Å². The van der Waals surface area contributed by atoms with Crippen molar-refractivity contribution >= 4 is 22.4 Å². The molecule has 118 valence electrons. The van der Waals surface area contributed by atoms with Crippen molar-refractivity contribution in [1.82, 2.24) is 10.1 Å². The highest BCUT2D eigenvalue weighted by Crippen LogP contribution is 2.19. The van der Waals surface area contributed by atoms with E-state index < -0.39 is 10.8 Å². The Bertz CT molecular complexity index is 831. The summed E-state index contributed by atoms with van der Waals surface area (Å²) in [5.74, 6) is 1.58. The number of aryl methyl sites for hydroxylation is 1. The number of rotatable bonds is 5. The van der Waals surface area contributed by atoms with Crippen molar-refractivity contribution in [3.63, 3.8) is 0 Å². The summed E-state index contributed by atoms with van der Waals surface area (Å²) >= 11 is 5.86. The van der Waals surface area contributed by atoms with E-state index in [1.54, 1.807) is 12.1 Å². The quantitative estimate of drug-likeness (QED) is 0.696. The standard InChI is InChI=1S/C17H15ClN2O2S/c1-12-4-2-3-5-14(12)10-23(21)11-16-19-17(20-22-16)13-6-8-15(18)9-7-13/h2-9H,10-11H2,1H3/t23-/m1/s1. The second kappa shape index (κ2) is 7.06. The van der Waals surface area contributed by atoms with Crippen LogP contribution in [0.25, 0.3) is 11.4 Å².